The number of aliphatic hydroxyl groups is 4. The second-order valence-corrected chi connectivity index (χ2v) is 18.2. The number of carbonyl (C=O) groups excluding carboxylic acids is 4. The third-order valence-electron chi connectivity index (χ3n) is 12.9. The molecule has 0 amide bonds. The van der Waals surface area contributed by atoms with Gasteiger partial charge in [-0.15, -0.1) is 0 Å². The van der Waals surface area contributed by atoms with Crippen LogP contribution in [0.4, 0.5) is 0 Å². The minimum Gasteiger partial charge on any atom is -0.466 e. The lowest BCUT2D eigenvalue weighted by Crippen LogP contribution is -2.61. The van der Waals surface area contributed by atoms with Crippen LogP contribution in [0.3, 0.4) is 0 Å². The van der Waals surface area contributed by atoms with Crippen LogP contribution in [0.15, 0.2) is 0 Å². The van der Waals surface area contributed by atoms with Crippen LogP contribution in [-0.4, -0.2) is 161 Å². The highest BCUT2D eigenvalue weighted by Gasteiger charge is 2.54. The van der Waals surface area contributed by atoms with Gasteiger partial charge in [0.2, 0.25) is 0 Å². The smallest absolute Gasteiger partial charge is 0.311 e. The van der Waals surface area contributed by atoms with Crippen LogP contribution >= 0.6 is 0 Å². The van der Waals surface area contributed by atoms with Crippen LogP contribution in [-0.2, 0) is 57.1 Å². The maximum atomic E-state index is 14.3. The molecule has 0 bridgehead atoms. The van der Waals surface area contributed by atoms with Crippen LogP contribution in [0.2, 0.25) is 0 Å². The number of esters is 3. The van der Waals surface area contributed by atoms with E-state index in [0.717, 1.165) is 0 Å². The van der Waals surface area contributed by atoms with E-state index in [9.17, 15) is 39.6 Å². The number of rotatable bonds is 12. The number of cyclic esters (lactones) is 1. The van der Waals surface area contributed by atoms with Crippen LogP contribution in [0, 0.1) is 23.7 Å². The molecule has 17 heteroatoms. The van der Waals surface area contributed by atoms with Crippen molar-refractivity contribution in [2.45, 2.75) is 199 Å². The molecule has 0 aromatic rings. The Labute approximate surface area is 356 Å². The summed E-state index contributed by atoms with van der Waals surface area (Å²) in [7, 11) is 5.09. The number of hydrogen-bond acceptors (Lipinski definition) is 17. The largest absolute Gasteiger partial charge is 0.466 e. The van der Waals surface area contributed by atoms with Gasteiger partial charge in [0, 0.05) is 31.3 Å². The molecule has 3 saturated heterocycles. The van der Waals surface area contributed by atoms with E-state index in [1.165, 1.54) is 27.9 Å². The molecule has 4 N–H and O–H groups in total. The normalized spacial score (nSPS) is 43.8. The van der Waals surface area contributed by atoms with Gasteiger partial charge in [-0.1, -0.05) is 27.7 Å². The Balaban J connectivity index is 2.22. The van der Waals surface area contributed by atoms with Crippen molar-refractivity contribution < 1.29 is 77.5 Å². The van der Waals surface area contributed by atoms with Gasteiger partial charge in [0.25, 0.3) is 0 Å². The number of likely N-dealkylation sites (N-methyl/N-ethyl adjacent to an activating group) is 1. The minimum absolute atomic E-state index is 0.0431. The first kappa shape index (κ1) is 52.0. The predicted molar refractivity (Wildman–Crippen MR) is 216 cm³/mol. The van der Waals surface area contributed by atoms with E-state index in [1.54, 1.807) is 48.5 Å². The van der Waals surface area contributed by atoms with Crippen molar-refractivity contribution in [1.82, 2.24) is 4.90 Å². The molecule has 348 valence electrons. The molecule has 0 radical (unpaired) electrons. The lowest BCUT2D eigenvalue weighted by molar-refractivity contribution is -0.319. The summed E-state index contributed by atoms with van der Waals surface area (Å²) in [6.45, 7) is 17.9. The Morgan fingerprint density at radius 1 is 0.850 bits per heavy atom. The van der Waals surface area contributed by atoms with E-state index >= 15 is 0 Å². The van der Waals surface area contributed by atoms with E-state index < -0.39 is 132 Å². The first-order valence-corrected chi connectivity index (χ1v) is 21.5. The van der Waals surface area contributed by atoms with Crippen molar-refractivity contribution in [3.63, 3.8) is 0 Å². The third-order valence-corrected chi connectivity index (χ3v) is 12.9. The Morgan fingerprint density at radius 3 is 2.03 bits per heavy atom. The maximum Gasteiger partial charge on any atom is 0.311 e. The average molecular weight is 862 g/mol. The molecule has 17 nitrogen and oxygen atoms in total. The van der Waals surface area contributed by atoms with E-state index in [-0.39, 0.29) is 38.7 Å². The number of ketones is 1. The highest BCUT2D eigenvalue weighted by molar-refractivity contribution is 5.83. The Hall–Kier alpha value is -2.32. The molecule has 0 saturated carbocycles. The lowest BCUT2D eigenvalue weighted by atomic mass is 9.74. The molecule has 3 heterocycles. The summed E-state index contributed by atoms with van der Waals surface area (Å²) in [4.78, 5) is 55.6. The zero-order valence-corrected chi connectivity index (χ0v) is 38.2. The van der Waals surface area contributed by atoms with Gasteiger partial charge in [-0.3, -0.25) is 19.2 Å². The standard InChI is InChI=1S/C43H75NO16/c1-15-29-43(11,52)36(48)24(5)33(47)22(3)20-41(9,51)38(25(6)34(26(7)39(50)57-29)59-32-21-42(10,53-14)37(49)27(8)56-32)60-40-35(28(44(12)13)19-23(4)55-40)58-31(46)18-17-30(45)54-16-2/h22-29,32,34-38,40,48-49,51-52H,15-21H2,1-14H3/t22-,23+,24-,25-,26+,27+,28-,29-,32-,34+,35+,36-,37-,38-,40+,41+,42+,43+/m1/s1. The minimum atomic E-state index is -2.04. The number of nitrogens with zero attached hydrogens (tertiary/aromatic N) is 1. The molecular weight excluding hydrogens is 786 g/mol. The summed E-state index contributed by atoms with van der Waals surface area (Å²) in [5, 5.41) is 46.8. The number of ether oxygens (including phenoxy) is 8. The molecule has 18 atom stereocenters. The van der Waals surface area contributed by atoms with Crippen molar-refractivity contribution in [2.75, 3.05) is 27.8 Å². The van der Waals surface area contributed by atoms with E-state index in [1.807, 2.05) is 25.9 Å². The fourth-order valence-corrected chi connectivity index (χ4v) is 9.17. The monoisotopic (exact) mass is 862 g/mol. The third kappa shape index (κ3) is 12.2. The maximum absolute atomic E-state index is 14.3. The first-order chi connectivity index (χ1) is 27.8. The number of methoxy groups -OCH3 is 1. The van der Waals surface area contributed by atoms with Crippen molar-refractivity contribution in [2.24, 2.45) is 23.7 Å². The van der Waals surface area contributed by atoms with Gasteiger partial charge >= 0.3 is 17.9 Å². The van der Waals surface area contributed by atoms with Crippen molar-refractivity contribution in [1.29, 1.82) is 0 Å². The van der Waals surface area contributed by atoms with Gasteiger partial charge in [0.05, 0.1) is 73.1 Å². The van der Waals surface area contributed by atoms with Crippen molar-refractivity contribution in [3.05, 3.63) is 0 Å². The Morgan fingerprint density at radius 2 is 1.47 bits per heavy atom. The highest BCUT2D eigenvalue weighted by atomic mass is 16.7. The number of hydrogen-bond donors (Lipinski definition) is 4. The first-order valence-electron chi connectivity index (χ1n) is 21.5. The van der Waals surface area contributed by atoms with Crippen LogP contribution in [0.1, 0.15) is 115 Å². The molecule has 3 aliphatic rings. The SMILES string of the molecule is CCOC(=O)CCC(=O)O[C@@H]1[C@H](O[C@@H]2[C@H](C)[C@H](O[C@@H]3C[C@](C)(OC)[C@H](O)[C@H](C)O3)[C@H](C)C(=O)O[C@H](CC)[C@](C)(O)[C@H](O)[C@H](C)C(=O)[C@H](C)C[C@]2(C)O)O[C@@H](C)C[C@H]1N(C)C. The van der Waals surface area contributed by atoms with Crippen LogP contribution in [0.25, 0.3) is 0 Å². The van der Waals surface area contributed by atoms with Crippen LogP contribution < -0.4 is 0 Å². The zero-order chi connectivity index (χ0) is 45.7. The molecule has 3 fully saturated rings. The molecule has 60 heavy (non-hydrogen) atoms. The second-order valence-electron chi connectivity index (χ2n) is 18.2. The fraction of sp³-hybridized carbons (Fsp3) is 0.907. The van der Waals surface area contributed by atoms with Crippen LogP contribution in [0.5, 0.6) is 0 Å². The topological polar surface area (TPSA) is 226 Å². The van der Waals surface area contributed by atoms with E-state index in [2.05, 4.69) is 0 Å². The van der Waals surface area contributed by atoms with Gasteiger partial charge in [-0.05, 0) is 81.8 Å². The van der Waals surface area contributed by atoms with Gasteiger partial charge in [-0.2, -0.15) is 0 Å². The second kappa shape index (κ2) is 21.4. The number of carbonyl (C=O) groups is 4. The molecule has 3 aliphatic heterocycles. The highest BCUT2D eigenvalue weighted by Crippen LogP contribution is 2.41. The molecule has 0 aliphatic carbocycles. The Bertz CT molecular complexity index is 1440. The van der Waals surface area contributed by atoms with Gasteiger partial charge in [0.1, 0.15) is 23.6 Å². The summed E-state index contributed by atoms with van der Waals surface area (Å²) in [5.74, 6) is -6.64. The zero-order valence-electron chi connectivity index (χ0n) is 38.2. The van der Waals surface area contributed by atoms with E-state index in [4.69, 9.17) is 37.9 Å². The van der Waals surface area contributed by atoms with Crippen molar-refractivity contribution in [3.8, 4) is 0 Å². The number of aliphatic hydroxyl groups excluding tert-OH is 2. The molecular formula is C43H75NO16. The predicted octanol–water partition coefficient (Wildman–Crippen LogP) is 2.68. The summed E-state index contributed by atoms with van der Waals surface area (Å²) < 4.78 is 48.8. The average Bonchev–Trinajstić information content (AvgIpc) is 3.17. The molecule has 0 aromatic heterocycles. The summed E-state index contributed by atoms with van der Waals surface area (Å²) >= 11 is 0. The molecule has 0 unspecified atom stereocenters. The van der Waals surface area contributed by atoms with Gasteiger partial charge in [0.15, 0.2) is 18.7 Å². The quantitative estimate of drug-likeness (QED) is 0.163. The van der Waals surface area contributed by atoms with Crippen molar-refractivity contribution >= 4 is 23.7 Å². The number of Topliss-reactive ketones (excluding diaryl/α,β-unsaturated/α-hetero) is 1. The molecule has 3 rings (SSSR count). The Kier molecular flexibility index (Phi) is 18.5. The summed E-state index contributed by atoms with van der Waals surface area (Å²) in [6.07, 6.45) is -11.1. The van der Waals surface area contributed by atoms with Gasteiger partial charge in [-0.25, -0.2) is 0 Å². The fourth-order valence-electron chi connectivity index (χ4n) is 9.17. The summed E-state index contributed by atoms with van der Waals surface area (Å²) in [5.41, 5.74) is -5.06. The molecule has 0 aromatic carbocycles. The van der Waals surface area contributed by atoms with Gasteiger partial charge < -0.3 is 63.2 Å². The lowest BCUT2D eigenvalue weighted by Gasteiger charge is -2.49. The van der Waals surface area contributed by atoms with E-state index in [0.29, 0.717) is 6.42 Å². The summed E-state index contributed by atoms with van der Waals surface area (Å²) in [6, 6.07) is -0.443. The molecule has 0 spiro atoms.